The molecule has 1 heteroatoms. The van der Waals surface area contributed by atoms with Crippen LogP contribution >= 0.6 is 0 Å². The summed E-state index contributed by atoms with van der Waals surface area (Å²) in [6.07, 6.45) is 3.59. The Balaban J connectivity index is 2.14. The Labute approximate surface area is 90.5 Å². The van der Waals surface area contributed by atoms with Crippen molar-refractivity contribution >= 4 is 5.78 Å². The zero-order chi connectivity index (χ0) is 10.4. The highest BCUT2D eigenvalue weighted by molar-refractivity contribution is 6.01. The van der Waals surface area contributed by atoms with Crippen molar-refractivity contribution in [1.29, 1.82) is 0 Å². The third-order valence-electron chi connectivity index (χ3n) is 4.27. The van der Waals surface area contributed by atoms with Crippen molar-refractivity contribution < 1.29 is 4.79 Å². The van der Waals surface area contributed by atoms with Crippen LogP contribution in [-0.2, 0) is 0 Å². The van der Waals surface area contributed by atoms with E-state index in [1.807, 2.05) is 12.1 Å². The average molecular weight is 200 g/mol. The van der Waals surface area contributed by atoms with Gasteiger partial charge < -0.3 is 0 Å². The van der Waals surface area contributed by atoms with Crippen LogP contribution in [0.2, 0.25) is 0 Å². The van der Waals surface area contributed by atoms with Gasteiger partial charge in [0, 0.05) is 11.5 Å². The lowest BCUT2D eigenvalue weighted by Crippen LogP contribution is -2.30. The Morgan fingerprint density at radius 3 is 2.87 bits per heavy atom. The summed E-state index contributed by atoms with van der Waals surface area (Å²) in [5.41, 5.74) is 2.28. The fourth-order valence-corrected chi connectivity index (χ4v) is 3.46. The fourth-order valence-electron chi connectivity index (χ4n) is 3.46. The summed E-state index contributed by atoms with van der Waals surface area (Å²) in [6, 6.07) is 8.17. The van der Waals surface area contributed by atoms with Gasteiger partial charge in [0.15, 0.2) is 5.78 Å². The van der Waals surface area contributed by atoms with E-state index in [2.05, 4.69) is 19.1 Å². The topological polar surface area (TPSA) is 17.1 Å². The van der Waals surface area contributed by atoms with Crippen LogP contribution in [0.25, 0.3) is 0 Å². The number of fused-ring (bicyclic) bond motifs is 2. The lowest BCUT2D eigenvalue weighted by Gasteiger charge is -2.32. The minimum atomic E-state index is 0.329. The van der Waals surface area contributed by atoms with Gasteiger partial charge in [-0.2, -0.15) is 0 Å². The quantitative estimate of drug-likeness (QED) is 0.627. The van der Waals surface area contributed by atoms with Crippen LogP contribution in [0, 0.1) is 11.8 Å². The van der Waals surface area contributed by atoms with Crippen molar-refractivity contribution in [2.45, 2.75) is 32.1 Å². The maximum Gasteiger partial charge on any atom is 0.166 e. The first-order valence-corrected chi connectivity index (χ1v) is 5.92. The summed E-state index contributed by atoms with van der Waals surface area (Å²) in [5.74, 6) is 1.93. The minimum absolute atomic E-state index is 0.329. The summed E-state index contributed by atoms with van der Waals surface area (Å²) in [4.78, 5) is 12.2. The van der Waals surface area contributed by atoms with Crippen molar-refractivity contribution in [1.82, 2.24) is 0 Å². The molecule has 0 N–H and O–H groups in total. The molecule has 0 radical (unpaired) electrons. The van der Waals surface area contributed by atoms with Crippen LogP contribution in [0.15, 0.2) is 24.3 Å². The number of benzene rings is 1. The third kappa shape index (κ3) is 1.19. The van der Waals surface area contributed by atoms with Gasteiger partial charge in [-0.25, -0.2) is 0 Å². The van der Waals surface area contributed by atoms with Crippen LogP contribution in [0.4, 0.5) is 0 Å². The highest BCUT2D eigenvalue weighted by atomic mass is 16.1. The standard InChI is InChI=1S/C14H16O/c1-9-10-5-2-3-6-12(10)14(15)13-8-4-7-11(9)13/h2-3,5-6,9,11,13H,4,7-8H2,1H3/t9-,11?,13-/m1/s1. The molecular formula is C14H16O. The van der Waals surface area contributed by atoms with Crippen LogP contribution < -0.4 is 0 Å². The zero-order valence-corrected chi connectivity index (χ0v) is 9.07. The van der Waals surface area contributed by atoms with Gasteiger partial charge in [-0.15, -0.1) is 0 Å². The lowest BCUT2D eigenvalue weighted by molar-refractivity contribution is 0.0860. The Kier molecular flexibility index (Phi) is 1.95. The molecule has 15 heavy (non-hydrogen) atoms. The first-order valence-electron chi connectivity index (χ1n) is 5.92. The predicted octanol–water partition coefficient (Wildman–Crippen LogP) is 3.40. The van der Waals surface area contributed by atoms with Gasteiger partial charge in [-0.3, -0.25) is 4.79 Å². The second-order valence-corrected chi connectivity index (χ2v) is 4.94. The first-order chi connectivity index (χ1) is 7.29. The third-order valence-corrected chi connectivity index (χ3v) is 4.27. The molecule has 0 aliphatic heterocycles. The molecule has 0 heterocycles. The largest absolute Gasteiger partial charge is 0.294 e. The highest BCUT2D eigenvalue weighted by Crippen LogP contribution is 2.47. The van der Waals surface area contributed by atoms with Gasteiger partial charge >= 0.3 is 0 Å². The molecule has 1 unspecified atom stereocenters. The molecule has 3 rings (SSSR count). The van der Waals surface area contributed by atoms with E-state index in [1.165, 1.54) is 18.4 Å². The summed E-state index contributed by atoms with van der Waals surface area (Å²) >= 11 is 0. The number of hydrogen-bond acceptors (Lipinski definition) is 1. The lowest BCUT2D eigenvalue weighted by atomic mass is 9.71. The highest BCUT2D eigenvalue weighted by Gasteiger charge is 2.42. The van der Waals surface area contributed by atoms with E-state index in [9.17, 15) is 4.79 Å². The molecule has 1 fully saturated rings. The van der Waals surface area contributed by atoms with E-state index in [-0.39, 0.29) is 0 Å². The maximum absolute atomic E-state index is 12.2. The minimum Gasteiger partial charge on any atom is -0.294 e. The number of carbonyl (C=O) groups is 1. The molecule has 78 valence electrons. The van der Waals surface area contributed by atoms with Crippen LogP contribution in [0.1, 0.15) is 48.0 Å². The van der Waals surface area contributed by atoms with Gasteiger partial charge in [0.05, 0.1) is 0 Å². The number of Topliss-reactive ketones (excluding diaryl/α,β-unsaturated/α-hetero) is 1. The van der Waals surface area contributed by atoms with E-state index < -0.39 is 0 Å². The van der Waals surface area contributed by atoms with E-state index in [0.717, 1.165) is 12.0 Å². The van der Waals surface area contributed by atoms with Gasteiger partial charge in [-0.05, 0) is 30.2 Å². The van der Waals surface area contributed by atoms with Crippen LogP contribution in [0.5, 0.6) is 0 Å². The van der Waals surface area contributed by atoms with Crippen molar-refractivity contribution in [3.63, 3.8) is 0 Å². The van der Waals surface area contributed by atoms with E-state index in [1.54, 1.807) is 0 Å². The molecular weight excluding hydrogens is 184 g/mol. The molecule has 1 aromatic carbocycles. The molecule has 3 atom stereocenters. The average Bonchev–Trinajstić information content (AvgIpc) is 2.75. The molecule has 2 aliphatic rings. The second-order valence-electron chi connectivity index (χ2n) is 4.94. The molecule has 1 aromatic rings. The molecule has 0 amide bonds. The zero-order valence-electron chi connectivity index (χ0n) is 9.07. The fraction of sp³-hybridized carbons (Fsp3) is 0.500. The Morgan fingerprint density at radius 2 is 2.00 bits per heavy atom. The number of ketones is 1. The monoisotopic (exact) mass is 200 g/mol. The summed E-state index contributed by atoms with van der Waals surface area (Å²) in [5, 5.41) is 0. The SMILES string of the molecule is C[C@@H]1c2ccccc2C(=O)[C@@H]2CCCC12. The summed E-state index contributed by atoms with van der Waals surface area (Å²) in [7, 11) is 0. The van der Waals surface area contributed by atoms with Crippen molar-refractivity contribution in [2.24, 2.45) is 11.8 Å². The maximum atomic E-state index is 12.2. The Morgan fingerprint density at radius 1 is 1.20 bits per heavy atom. The van der Waals surface area contributed by atoms with E-state index in [4.69, 9.17) is 0 Å². The van der Waals surface area contributed by atoms with E-state index in [0.29, 0.717) is 23.5 Å². The normalized spacial score (nSPS) is 33.7. The molecule has 2 aliphatic carbocycles. The smallest absolute Gasteiger partial charge is 0.166 e. The summed E-state index contributed by atoms with van der Waals surface area (Å²) in [6.45, 7) is 2.29. The number of carbonyl (C=O) groups excluding carboxylic acids is 1. The van der Waals surface area contributed by atoms with Gasteiger partial charge in [0.1, 0.15) is 0 Å². The Hall–Kier alpha value is -1.11. The van der Waals surface area contributed by atoms with E-state index >= 15 is 0 Å². The van der Waals surface area contributed by atoms with Gasteiger partial charge in [0.2, 0.25) is 0 Å². The summed E-state index contributed by atoms with van der Waals surface area (Å²) < 4.78 is 0. The molecule has 0 aromatic heterocycles. The van der Waals surface area contributed by atoms with Gasteiger partial charge in [0.25, 0.3) is 0 Å². The van der Waals surface area contributed by atoms with Crippen molar-refractivity contribution in [3.05, 3.63) is 35.4 Å². The second kappa shape index (κ2) is 3.19. The molecule has 1 saturated carbocycles. The number of hydrogen-bond donors (Lipinski definition) is 0. The van der Waals surface area contributed by atoms with Crippen LogP contribution in [0.3, 0.4) is 0 Å². The molecule has 0 spiro atoms. The van der Waals surface area contributed by atoms with Crippen molar-refractivity contribution in [2.75, 3.05) is 0 Å². The Bertz CT molecular complexity index is 408. The van der Waals surface area contributed by atoms with Crippen LogP contribution in [-0.4, -0.2) is 5.78 Å². The molecule has 0 saturated heterocycles. The molecule has 1 nitrogen and oxygen atoms in total. The first kappa shape index (κ1) is 9.14. The number of rotatable bonds is 0. The molecule has 0 bridgehead atoms. The van der Waals surface area contributed by atoms with Crippen molar-refractivity contribution in [3.8, 4) is 0 Å². The predicted molar refractivity (Wildman–Crippen MR) is 60.0 cm³/mol. The van der Waals surface area contributed by atoms with Gasteiger partial charge in [-0.1, -0.05) is 37.6 Å².